The lowest BCUT2D eigenvalue weighted by atomic mass is 9.94. The molecule has 1 saturated carbocycles. The Bertz CT molecular complexity index is 156. The quantitative estimate of drug-likeness (QED) is 0.491. The zero-order chi connectivity index (χ0) is 9.24. The maximum Gasteiger partial charge on any atom is 0.120 e. The van der Waals surface area contributed by atoms with Crippen molar-refractivity contribution in [3.63, 3.8) is 0 Å². The highest BCUT2D eigenvalue weighted by atomic mass is 16.3. The van der Waals surface area contributed by atoms with Gasteiger partial charge in [-0.25, -0.2) is 0 Å². The number of hydrogen-bond acceptors (Lipinski definition) is 2. The van der Waals surface area contributed by atoms with Crippen LogP contribution >= 0.6 is 0 Å². The fraction of sp³-hybridized carbons (Fsp3) is 1.00. The van der Waals surface area contributed by atoms with Crippen molar-refractivity contribution in [2.24, 2.45) is 11.1 Å². The van der Waals surface area contributed by atoms with Gasteiger partial charge in [-0.1, -0.05) is 33.1 Å². The van der Waals surface area contributed by atoms with Crippen molar-refractivity contribution in [1.29, 1.82) is 0 Å². The first-order valence-corrected chi connectivity index (χ1v) is 5.09. The molecule has 0 aromatic heterocycles. The molecule has 2 nitrogen and oxygen atoms in total. The van der Waals surface area contributed by atoms with Crippen LogP contribution in [0.5, 0.6) is 0 Å². The molecule has 72 valence electrons. The van der Waals surface area contributed by atoms with E-state index in [4.69, 9.17) is 5.73 Å². The molecule has 0 aromatic carbocycles. The van der Waals surface area contributed by atoms with E-state index in [1.54, 1.807) is 0 Å². The number of aliphatic hydroxyl groups is 1. The molecule has 0 aromatic rings. The van der Waals surface area contributed by atoms with Crippen LogP contribution in [0.3, 0.4) is 0 Å². The van der Waals surface area contributed by atoms with E-state index < -0.39 is 5.72 Å². The summed E-state index contributed by atoms with van der Waals surface area (Å²) >= 11 is 0. The Morgan fingerprint density at radius 2 is 1.92 bits per heavy atom. The van der Waals surface area contributed by atoms with Gasteiger partial charge >= 0.3 is 0 Å². The monoisotopic (exact) mass is 171 g/mol. The third-order valence-electron chi connectivity index (χ3n) is 3.34. The van der Waals surface area contributed by atoms with Gasteiger partial charge in [-0.2, -0.15) is 0 Å². The van der Waals surface area contributed by atoms with Gasteiger partial charge in [0, 0.05) is 5.41 Å². The molecule has 0 heterocycles. The molecule has 2 unspecified atom stereocenters. The molecule has 0 aliphatic heterocycles. The average Bonchev–Trinajstić information content (AvgIpc) is 2.55. The maximum absolute atomic E-state index is 9.62. The lowest BCUT2D eigenvalue weighted by Crippen LogP contribution is -2.29. The highest BCUT2D eigenvalue weighted by Crippen LogP contribution is 2.58. The third kappa shape index (κ3) is 1.64. The van der Waals surface area contributed by atoms with Crippen LogP contribution in [0, 0.1) is 5.41 Å². The number of unbranched alkanes of at least 4 members (excludes halogenated alkanes) is 2. The Labute approximate surface area is 75.2 Å². The SMILES string of the molecule is CCCCCC1(CC)CC1(N)O. The molecule has 0 saturated heterocycles. The van der Waals surface area contributed by atoms with E-state index in [0.717, 1.165) is 19.3 Å². The fourth-order valence-electron chi connectivity index (χ4n) is 2.10. The van der Waals surface area contributed by atoms with Crippen molar-refractivity contribution in [3.8, 4) is 0 Å². The van der Waals surface area contributed by atoms with E-state index in [1.165, 1.54) is 19.3 Å². The van der Waals surface area contributed by atoms with Crippen molar-refractivity contribution < 1.29 is 5.11 Å². The van der Waals surface area contributed by atoms with Gasteiger partial charge in [-0.15, -0.1) is 0 Å². The minimum absolute atomic E-state index is 0.0716. The molecule has 1 aliphatic carbocycles. The van der Waals surface area contributed by atoms with Crippen molar-refractivity contribution in [1.82, 2.24) is 0 Å². The predicted molar refractivity (Wildman–Crippen MR) is 50.6 cm³/mol. The summed E-state index contributed by atoms with van der Waals surface area (Å²) in [4.78, 5) is 0. The van der Waals surface area contributed by atoms with Crippen molar-refractivity contribution in [2.75, 3.05) is 0 Å². The molecule has 1 aliphatic rings. The Balaban J connectivity index is 2.30. The van der Waals surface area contributed by atoms with E-state index in [9.17, 15) is 5.11 Å². The third-order valence-corrected chi connectivity index (χ3v) is 3.34. The summed E-state index contributed by atoms with van der Waals surface area (Å²) in [6.07, 6.45) is 6.64. The van der Waals surface area contributed by atoms with Crippen molar-refractivity contribution >= 4 is 0 Å². The average molecular weight is 171 g/mol. The molecule has 0 bridgehead atoms. The minimum Gasteiger partial charge on any atom is -0.375 e. The summed E-state index contributed by atoms with van der Waals surface area (Å²) in [6, 6.07) is 0. The summed E-state index contributed by atoms with van der Waals surface area (Å²) in [5, 5.41) is 9.62. The van der Waals surface area contributed by atoms with Gasteiger partial charge in [0.1, 0.15) is 5.72 Å². The molecule has 2 heteroatoms. The number of rotatable bonds is 5. The Morgan fingerprint density at radius 3 is 2.25 bits per heavy atom. The highest BCUT2D eigenvalue weighted by molar-refractivity contribution is 5.11. The van der Waals surface area contributed by atoms with E-state index in [1.807, 2.05) is 0 Å². The fourth-order valence-corrected chi connectivity index (χ4v) is 2.10. The highest BCUT2D eigenvalue weighted by Gasteiger charge is 2.62. The van der Waals surface area contributed by atoms with Crippen molar-refractivity contribution in [3.05, 3.63) is 0 Å². The minimum atomic E-state index is -0.838. The summed E-state index contributed by atoms with van der Waals surface area (Å²) < 4.78 is 0. The van der Waals surface area contributed by atoms with Crippen LogP contribution in [-0.4, -0.2) is 10.8 Å². The van der Waals surface area contributed by atoms with Gasteiger partial charge < -0.3 is 10.8 Å². The van der Waals surface area contributed by atoms with Crippen LogP contribution in [0.25, 0.3) is 0 Å². The van der Waals surface area contributed by atoms with Crippen LogP contribution in [0.15, 0.2) is 0 Å². The molecule has 3 N–H and O–H groups in total. The number of nitrogens with two attached hydrogens (primary N) is 1. The Hall–Kier alpha value is -0.0800. The van der Waals surface area contributed by atoms with Crippen LogP contribution < -0.4 is 5.73 Å². The zero-order valence-electron chi connectivity index (χ0n) is 8.27. The zero-order valence-corrected chi connectivity index (χ0v) is 8.27. The normalized spacial score (nSPS) is 40.0. The topological polar surface area (TPSA) is 46.2 Å². The second-order valence-corrected chi connectivity index (χ2v) is 4.19. The molecular formula is C10H21NO. The molecule has 1 fully saturated rings. The summed E-state index contributed by atoms with van der Waals surface area (Å²) in [6.45, 7) is 4.32. The van der Waals surface area contributed by atoms with Gasteiger partial charge in [0.05, 0.1) is 0 Å². The van der Waals surface area contributed by atoms with Crippen molar-refractivity contribution in [2.45, 2.75) is 58.1 Å². The van der Waals surface area contributed by atoms with Crippen LogP contribution in [0.1, 0.15) is 52.4 Å². The standard InChI is InChI=1S/C10H21NO/c1-3-5-6-7-9(4-2)8-10(9,11)12/h12H,3-8,11H2,1-2H3. The first kappa shape index (κ1) is 10.0. The molecule has 2 atom stereocenters. The Kier molecular flexibility index (Phi) is 2.79. The summed E-state index contributed by atoms with van der Waals surface area (Å²) in [5.74, 6) is 0. The first-order valence-electron chi connectivity index (χ1n) is 5.09. The largest absolute Gasteiger partial charge is 0.375 e. The predicted octanol–water partition coefficient (Wildman–Crippen LogP) is 2.01. The van der Waals surface area contributed by atoms with Crippen LogP contribution in [-0.2, 0) is 0 Å². The molecule has 1 rings (SSSR count). The van der Waals surface area contributed by atoms with E-state index in [2.05, 4.69) is 13.8 Å². The van der Waals surface area contributed by atoms with Gasteiger partial charge in [0.2, 0.25) is 0 Å². The second-order valence-electron chi connectivity index (χ2n) is 4.19. The van der Waals surface area contributed by atoms with Gasteiger partial charge in [-0.05, 0) is 19.3 Å². The molecule has 0 spiro atoms. The lowest BCUT2D eigenvalue weighted by Gasteiger charge is -2.16. The van der Waals surface area contributed by atoms with E-state index in [0.29, 0.717) is 0 Å². The molecular weight excluding hydrogens is 150 g/mol. The van der Waals surface area contributed by atoms with Crippen LogP contribution in [0.2, 0.25) is 0 Å². The maximum atomic E-state index is 9.62. The molecule has 12 heavy (non-hydrogen) atoms. The first-order chi connectivity index (χ1) is 5.58. The summed E-state index contributed by atoms with van der Waals surface area (Å²) in [7, 11) is 0. The van der Waals surface area contributed by atoms with Gasteiger partial charge in [0.15, 0.2) is 0 Å². The van der Waals surface area contributed by atoms with E-state index >= 15 is 0 Å². The summed E-state index contributed by atoms with van der Waals surface area (Å²) in [5.41, 5.74) is 4.93. The Morgan fingerprint density at radius 1 is 1.33 bits per heavy atom. The van der Waals surface area contributed by atoms with E-state index in [-0.39, 0.29) is 5.41 Å². The molecule has 0 radical (unpaired) electrons. The van der Waals surface area contributed by atoms with Crippen LogP contribution in [0.4, 0.5) is 0 Å². The lowest BCUT2D eigenvalue weighted by molar-refractivity contribution is 0.0966. The van der Waals surface area contributed by atoms with Gasteiger partial charge in [0.25, 0.3) is 0 Å². The molecule has 0 amide bonds. The van der Waals surface area contributed by atoms with Gasteiger partial charge in [-0.3, -0.25) is 0 Å². The second kappa shape index (κ2) is 3.35. The smallest absolute Gasteiger partial charge is 0.120 e. The number of hydrogen-bond donors (Lipinski definition) is 2.